The number of aryl methyl sites for hydroxylation is 1. The van der Waals surface area contributed by atoms with E-state index in [9.17, 15) is 18.0 Å². The SMILES string of the molecule is CC(C)CNS(=O)(=O)c1cc2c(c3cnc(C4CC4)cc13)CCC2Nc1c(Nc2cccnc2)c(=O)c1=O. The van der Waals surface area contributed by atoms with Crippen LogP contribution in [0.4, 0.5) is 17.1 Å². The molecule has 0 aliphatic heterocycles. The van der Waals surface area contributed by atoms with Crippen LogP contribution in [0.3, 0.4) is 0 Å². The molecule has 2 aliphatic carbocycles. The van der Waals surface area contributed by atoms with Gasteiger partial charge in [0.15, 0.2) is 0 Å². The number of hydrogen-bond acceptors (Lipinski definition) is 8. The van der Waals surface area contributed by atoms with Gasteiger partial charge in [-0.25, -0.2) is 13.1 Å². The third kappa shape index (κ3) is 4.37. The minimum Gasteiger partial charge on any atom is -0.373 e. The quantitative estimate of drug-likeness (QED) is 0.278. The van der Waals surface area contributed by atoms with E-state index < -0.39 is 20.9 Å². The van der Waals surface area contributed by atoms with Crippen molar-refractivity contribution in [3.63, 3.8) is 0 Å². The molecule has 2 heterocycles. The average Bonchev–Trinajstić information content (AvgIpc) is 3.69. The Kier molecular flexibility index (Phi) is 6.03. The lowest BCUT2D eigenvalue weighted by atomic mass is 10.00. The molecule has 2 aromatic carbocycles. The zero-order chi connectivity index (χ0) is 26.6. The topological polar surface area (TPSA) is 130 Å². The Bertz CT molecular complexity index is 1720. The minimum absolute atomic E-state index is 0.156. The molecule has 196 valence electrons. The lowest BCUT2D eigenvalue weighted by Crippen LogP contribution is -2.37. The average molecular weight is 532 g/mol. The van der Waals surface area contributed by atoms with Gasteiger partial charge in [0, 0.05) is 41.3 Å². The fourth-order valence-corrected chi connectivity index (χ4v) is 6.59. The van der Waals surface area contributed by atoms with E-state index >= 15 is 0 Å². The van der Waals surface area contributed by atoms with Gasteiger partial charge in [0.25, 0.3) is 10.9 Å². The van der Waals surface area contributed by atoms with Gasteiger partial charge in [-0.15, -0.1) is 0 Å². The van der Waals surface area contributed by atoms with Gasteiger partial charge in [0.2, 0.25) is 10.0 Å². The molecule has 2 aromatic heterocycles. The van der Waals surface area contributed by atoms with Crippen LogP contribution in [0.15, 0.2) is 57.3 Å². The lowest BCUT2D eigenvalue weighted by molar-refractivity contribution is 0.561. The fourth-order valence-electron chi connectivity index (χ4n) is 5.14. The number of anilines is 3. The van der Waals surface area contributed by atoms with E-state index in [-0.39, 0.29) is 28.2 Å². The van der Waals surface area contributed by atoms with Crippen LogP contribution in [0, 0.1) is 5.92 Å². The summed E-state index contributed by atoms with van der Waals surface area (Å²) in [5.41, 5.74) is 2.59. The zero-order valence-corrected chi connectivity index (χ0v) is 22.1. The van der Waals surface area contributed by atoms with Gasteiger partial charge in [0.05, 0.1) is 22.8 Å². The van der Waals surface area contributed by atoms with E-state index in [0.717, 1.165) is 35.0 Å². The molecule has 0 amide bonds. The molecule has 3 N–H and O–H groups in total. The number of nitrogens with one attached hydrogen (secondary N) is 3. The summed E-state index contributed by atoms with van der Waals surface area (Å²) in [6.45, 7) is 4.25. The second kappa shape index (κ2) is 9.28. The van der Waals surface area contributed by atoms with Crippen molar-refractivity contribution in [3.8, 4) is 0 Å². The summed E-state index contributed by atoms with van der Waals surface area (Å²) in [5.74, 6) is 0.546. The number of fused-ring (bicyclic) bond motifs is 3. The van der Waals surface area contributed by atoms with Gasteiger partial charge < -0.3 is 10.6 Å². The first kappa shape index (κ1) is 24.7. The van der Waals surface area contributed by atoms with Gasteiger partial charge in [-0.2, -0.15) is 0 Å². The summed E-state index contributed by atoms with van der Waals surface area (Å²) < 4.78 is 29.8. The molecule has 4 aromatic rings. The molecule has 0 spiro atoms. The molecule has 6 rings (SSSR count). The van der Waals surface area contributed by atoms with Crippen molar-refractivity contribution in [2.45, 2.75) is 56.4 Å². The van der Waals surface area contributed by atoms with E-state index in [2.05, 4.69) is 25.3 Å². The first-order valence-electron chi connectivity index (χ1n) is 12.9. The van der Waals surface area contributed by atoms with Crippen LogP contribution in [0.2, 0.25) is 0 Å². The van der Waals surface area contributed by atoms with Crippen LogP contribution in [-0.4, -0.2) is 24.9 Å². The molecular weight excluding hydrogens is 502 g/mol. The molecule has 38 heavy (non-hydrogen) atoms. The van der Waals surface area contributed by atoms with Gasteiger partial charge in [-0.1, -0.05) is 13.8 Å². The van der Waals surface area contributed by atoms with Crippen molar-refractivity contribution in [2.24, 2.45) is 5.92 Å². The summed E-state index contributed by atoms with van der Waals surface area (Å²) in [7, 11) is -3.80. The Morgan fingerprint density at radius 3 is 2.53 bits per heavy atom. The Balaban J connectivity index is 1.40. The zero-order valence-electron chi connectivity index (χ0n) is 21.2. The van der Waals surface area contributed by atoms with Gasteiger partial charge in [-0.3, -0.25) is 19.6 Å². The number of hydrogen-bond donors (Lipinski definition) is 3. The normalized spacial score (nSPS) is 17.3. The third-order valence-electron chi connectivity index (χ3n) is 7.34. The largest absolute Gasteiger partial charge is 0.373 e. The van der Waals surface area contributed by atoms with E-state index in [1.807, 2.05) is 19.9 Å². The summed E-state index contributed by atoms with van der Waals surface area (Å²) in [5, 5.41) is 7.74. The van der Waals surface area contributed by atoms with Crippen LogP contribution in [0.25, 0.3) is 10.8 Å². The van der Waals surface area contributed by atoms with E-state index in [4.69, 9.17) is 0 Å². The van der Waals surface area contributed by atoms with Crippen LogP contribution in [-0.2, 0) is 16.4 Å². The van der Waals surface area contributed by atoms with Gasteiger partial charge in [0.1, 0.15) is 11.4 Å². The maximum absolute atomic E-state index is 13.5. The highest BCUT2D eigenvalue weighted by molar-refractivity contribution is 7.89. The van der Waals surface area contributed by atoms with Crippen molar-refractivity contribution in [1.82, 2.24) is 14.7 Å². The Hall–Kier alpha value is -3.63. The number of nitrogens with zero attached hydrogens (tertiary/aromatic N) is 2. The van der Waals surface area contributed by atoms with Crippen LogP contribution >= 0.6 is 0 Å². The number of pyridine rings is 2. The molecule has 10 heteroatoms. The molecule has 1 saturated carbocycles. The second-order valence-corrected chi connectivity index (χ2v) is 12.4. The standard InChI is InChI=1S/C28H29N5O4S/c1-15(2)12-31-38(36,37)24-11-19-18(21-14-30-23(10-20(21)24)16-5-6-16)7-8-22(19)33-26-25(27(34)28(26)35)32-17-4-3-9-29-13-17/h3-4,9-11,13-16,22,31-33H,5-8,12H2,1-2H3. The van der Waals surface area contributed by atoms with Crippen molar-refractivity contribution >= 4 is 37.9 Å². The van der Waals surface area contributed by atoms with Crippen molar-refractivity contribution in [3.05, 3.63) is 80.1 Å². The highest BCUT2D eigenvalue weighted by atomic mass is 32.2. The van der Waals surface area contributed by atoms with Crippen LogP contribution < -0.4 is 26.2 Å². The van der Waals surface area contributed by atoms with Crippen LogP contribution in [0.5, 0.6) is 0 Å². The third-order valence-corrected chi connectivity index (χ3v) is 8.80. The summed E-state index contributed by atoms with van der Waals surface area (Å²) in [6, 6.07) is 6.84. The number of benzene rings is 1. The van der Waals surface area contributed by atoms with Crippen molar-refractivity contribution in [1.29, 1.82) is 0 Å². The second-order valence-electron chi connectivity index (χ2n) is 10.6. The predicted octanol–water partition coefficient (Wildman–Crippen LogP) is 3.88. The molecule has 0 saturated heterocycles. The monoisotopic (exact) mass is 531 g/mol. The van der Waals surface area contributed by atoms with Crippen molar-refractivity contribution < 1.29 is 8.42 Å². The van der Waals surface area contributed by atoms with E-state index in [0.29, 0.717) is 36.4 Å². The minimum atomic E-state index is -3.80. The van der Waals surface area contributed by atoms with Crippen molar-refractivity contribution in [2.75, 3.05) is 17.2 Å². The van der Waals surface area contributed by atoms with Gasteiger partial charge in [-0.05, 0) is 67.0 Å². The summed E-state index contributed by atoms with van der Waals surface area (Å²) in [4.78, 5) is 33.8. The smallest absolute Gasteiger partial charge is 0.253 e. The maximum atomic E-state index is 13.5. The number of aromatic nitrogens is 2. The Morgan fingerprint density at radius 2 is 1.82 bits per heavy atom. The maximum Gasteiger partial charge on any atom is 0.253 e. The fraction of sp³-hybridized carbons (Fsp3) is 0.357. The highest BCUT2D eigenvalue weighted by Crippen LogP contribution is 2.44. The molecule has 9 nitrogen and oxygen atoms in total. The van der Waals surface area contributed by atoms with E-state index in [1.54, 1.807) is 36.8 Å². The summed E-state index contributed by atoms with van der Waals surface area (Å²) >= 11 is 0. The lowest BCUT2D eigenvalue weighted by Gasteiger charge is -2.21. The number of rotatable bonds is 9. The van der Waals surface area contributed by atoms with E-state index in [1.165, 1.54) is 0 Å². The molecule has 0 radical (unpaired) electrons. The molecule has 1 unspecified atom stereocenters. The first-order valence-corrected chi connectivity index (χ1v) is 14.4. The Morgan fingerprint density at radius 1 is 1.03 bits per heavy atom. The molecule has 0 bridgehead atoms. The Labute approximate surface area is 220 Å². The van der Waals surface area contributed by atoms with Gasteiger partial charge >= 0.3 is 0 Å². The molecule has 1 fully saturated rings. The predicted molar refractivity (Wildman–Crippen MR) is 147 cm³/mol. The molecular formula is C28H29N5O4S. The summed E-state index contributed by atoms with van der Waals surface area (Å²) in [6.07, 6.45) is 8.49. The van der Waals surface area contributed by atoms with Crippen LogP contribution in [0.1, 0.15) is 61.9 Å². The highest BCUT2D eigenvalue weighted by Gasteiger charge is 2.33. The number of sulfonamides is 1. The molecule has 2 aliphatic rings. The first-order chi connectivity index (χ1) is 18.2. The molecule has 1 atom stereocenters.